The molecule has 1 aliphatic heterocycles. The molecule has 2 atom stereocenters. The highest BCUT2D eigenvalue weighted by atomic mass is 16.5. The molecule has 0 unspecified atom stereocenters. The van der Waals surface area contributed by atoms with Crippen LogP contribution in [-0.2, 0) is 4.74 Å². The van der Waals surface area contributed by atoms with E-state index in [1.165, 1.54) is 12.0 Å². The summed E-state index contributed by atoms with van der Waals surface area (Å²) in [6.07, 6.45) is -0.673. The van der Waals surface area contributed by atoms with E-state index in [1.807, 2.05) is 0 Å². The third-order valence-electron chi connectivity index (χ3n) is 3.49. The molecule has 2 N–H and O–H groups in total. The predicted octanol–water partition coefficient (Wildman–Crippen LogP) is 0.927. The molecule has 1 aromatic carbocycles. The van der Waals surface area contributed by atoms with Crippen molar-refractivity contribution < 1.29 is 24.1 Å². The molecule has 2 rings (SSSR count). The number of hydrogen-bond acceptors (Lipinski definition) is 5. The summed E-state index contributed by atoms with van der Waals surface area (Å²) in [4.78, 5) is 13.7. The van der Waals surface area contributed by atoms with Gasteiger partial charge in [0.1, 0.15) is 11.5 Å². The number of nitrogens with zero attached hydrogens (tertiary/aromatic N) is 1. The van der Waals surface area contributed by atoms with Crippen LogP contribution in [0.1, 0.15) is 0 Å². The number of carbonyl (C=O) groups excluding carboxylic acids is 1. The van der Waals surface area contributed by atoms with Gasteiger partial charge in [0.25, 0.3) is 0 Å². The lowest BCUT2D eigenvalue weighted by atomic mass is 10.2. The summed E-state index contributed by atoms with van der Waals surface area (Å²) in [5.74, 6) is 1.14. The number of likely N-dealkylation sites (N-methyl/N-ethyl adjacent to an activating group) is 1. The molecule has 0 saturated carbocycles. The molecular weight excluding hydrogens is 276 g/mol. The van der Waals surface area contributed by atoms with Crippen molar-refractivity contribution in [3.8, 4) is 11.5 Å². The van der Waals surface area contributed by atoms with Gasteiger partial charge in [-0.25, -0.2) is 4.79 Å². The molecule has 1 heterocycles. The van der Waals surface area contributed by atoms with E-state index >= 15 is 0 Å². The minimum absolute atomic E-state index is 0.241. The number of amides is 2. The van der Waals surface area contributed by atoms with Crippen LogP contribution >= 0.6 is 0 Å². The summed E-state index contributed by atoms with van der Waals surface area (Å²) in [7, 11) is 4.69. The van der Waals surface area contributed by atoms with Crippen LogP contribution in [0.5, 0.6) is 11.5 Å². The van der Waals surface area contributed by atoms with Crippen LogP contribution in [0.4, 0.5) is 10.5 Å². The standard InChI is InChI=1S/C14H20N2O5/c1-16(11-7-21-8-12(11)17)14(18)15-10-6-9(19-2)4-5-13(10)20-3/h4-6,11-12,17H,7-8H2,1-3H3,(H,15,18)/t11-,12-/m1/s1. The SMILES string of the molecule is COc1ccc(OC)c(NC(=O)N(C)[C@@H]2COC[C@H]2O)c1. The number of nitrogens with one attached hydrogen (secondary N) is 1. The second kappa shape index (κ2) is 6.64. The van der Waals surface area contributed by atoms with Gasteiger partial charge in [0, 0.05) is 13.1 Å². The van der Waals surface area contributed by atoms with E-state index in [0.29, 0.717) is 23.8 Å². The quantitative estimate of drug-likeness (QED) is 0.864. The van der Waals surface area contributed by atoms with Crippen molar-refractivity contribution in [1.29, 1.82) is 0 Å². The van der Waals surface area contributed by atoms with E-state index in [-0.39, 0.29) is 18.7 Å². The Balaban J connectivity index is 2.11. The van der Waals surface area contributed by atoms with Crippen LogP contribution in [-0.4, -0.2) is 62.7 Å². The second-order valence-electron chi connectivity index (χ2n) is 4.78. The van der Waals surface area contributed by atoms with Crippen molar-refractivity contribution in [2.75, 3.05) is 39.8 Å². The Morgan fingerprint density at radius 3 is 2.71 bits per heavy atom. The molecule has 7 heteroatoms. The highest BCUT2D eigenvalue weighted by molar-refractivity contribution is 5.91. The van der Waals surface area contributed by atoms with Crippen molar-refractivity contribution in [1.82, 2.24) is 4.90 Å². The van der Waals surface area contributed by atoms with Crippen molar-refractivity contribution in [2.24, 2.45) is 0 Å². The average molecular weight is 296 g/mol. The minimum Gasteiger partial charge on any atom is -0.497 e. The van der Waals surface area contributed by atoms with Gasteiger partial charge in [-0.2, -0.15) is 0 Å². The monoisotopic (exact) mass is 296 g/mol. The first kappa shape index (κ1) is 15.4. The van der Waals surface area contributed by atoms with Crippen LogP contribution in [0.2, 0.25) is 0 Å². The summed E-state index contributed by atoms with van der Waals surface area (Å²) >= 11 is 0. The largest absolute Gasteiger partial charge is 0.497 e. The molecule has 1 saturated heterocycles. The predicted molar refractivity (Wildman–Crippen MR) is 76.9 cm³/mol. The number of aliphatic hydroxyl groups excluding tert-OH is 1. The zero-order chi connectivity index (χ0) is 15.4. The van der Waals surface area contributed by atoms with Gasteiger partial charge in [0.15, 0.2) is 0 Å². The maximum atomic E-state index is 12.3. The Bertz CT molecular complexity index is 508. The van der Waals surface area contributed by atoms with Gasteiger partial charge < -0.3 is 29.5 Å². The first-order valence-corrected chi connectivity index (χ1v) is 6.58. The van der Waals surface area contributed by atoms with E-state index in [9.17, 15) is 9.90 Å². The summed E-state index contributed by atoms with van der Waals surface area (Å²) in [5.41, 5.74) is 0.502. The lowest BCUT2D eigenvalue weighted by Crippen LogP contribution is -2.45. The van der Waals surface area contributed by atoms with E-state index in [0.717, 1.165) is 0 Å². The highest BCUT2D eigenvalue weighted by Crippen LogP contribution is 2.29. The third-order valence-corrected chi connectivity index (χ3v) is 3.49. The number of carbonyl (C=O) groups is 1. The van der Waals surface area contributed by atoms with Gasteiger partial charge in [0.2, 0.25) is 0 Å². The molecular formula is C14H20N2O5. The molecule has 7 nitrogen and oxygen atoms in total. The van der Waals surface area contributed by atoms with Crippen molar-refractivity contribution in [3.63, 3.8) is 0 Å². The Kier molecular flexibility index (Phi) is 4.87. The maximum Gasteiger partial charge on any atom is 0.322 e. The summed E-state index contributed by atoms with van der Waals surface area (Å²) < 4.78 is 15.5. The van der Waals surface area contributed by atoms with Gasteiger partial charge in [-0.15, -0.1) is 0 Å². The molecule has 21 heavy (non-hydrogen) atoms. The number of anilines is 1. The molecule has 0 aromatic heterocycles. The van der Waals surface area contributed by atoms with Gasteiger partial charge in [-0.1, -0.05) is 0 Å². The van der Waals surface area contributed by atoms with Crippen molar-refractivity contribution in [2.45, 2.75) is 12.1 Å². The minimum atomic E-state index is -0.673. The summed E-state index contributed by atoms with van der Waals surface area (Å²) in [5, 5.41) is 12.5. The van der Waals surface area contributed by atoms with Crippen LogP contribution in [0.25, 0.3) is 0 Å². The number of hydrogen-bond donors (Lipinski definition) is 2. The van der Waals surface area contributed by atoms with Gasteiger partial charge in [-0.3, -0.25) is 0 Å². The number of urea groups is 1. The first-order valence-electron chi connectivity index (χ1n) is 6.58. The zero-order valence-corrected chi connectivity index (χ0v) is 12.3. The fourth-order valence-corrected chi connectivity index (χ4v) is 2.17. The topological polar surface area (TPSA) is 80.3 Å². The fourth-order valence-electron chi connectivity index (χ4n) is 2.17. The third kappa shape index (κ3) is 3.37. The zero-order valence-electron chi connectivity index (χ0n) is 12.3. The number of methoxy groups -OCH3 is 2. The maximum absolute atomic E-state index is 12.3. The summed E-state index contributed by atoms with van der Waals surface area (Å²) in [6, 6.07) is 4.42. The van der Waals surface area contributed by atoms with Crippen LogP contribution < -0.4 is 14.8 Å². The molecule has 0 radical (unpaired) electrons. The van der Waals surface area contributed by atoms with E-state index in [1.54, 1.807) is 32.4 Å². The Hall–Kier alpha value is -1.99. The molecule has 116 valence electrons. The number of benzene rings is 1. The average Bonchev–Trinajstić information content (AvgIpc) is 2.92. The molecule has 0 spiro atoms. The Labute approximate surface area is 123 Å². The van der Waals surface area contributed by atoms with E-state index in [4.69, 9.17) is 14.2 Å². The van der Waals surface area contributed by atoms with Gasteiger partial charge >= 0.3 is 6.03 Å². The lowest BCUT2D eigenvalue weighted by molar-refractivity contribution is 0.106. The number of ether oxygens (including phenoxy) is 3. The number of rotatable bonds is 4. The molecule has 2 amide bonds. The molecule has 0 aliphatic carbocycles. The molecule has 0 bridgehead atoms. The normalized spacial score (nSPS) is 21.0. The highest BCUT2D eigenvalue weighted by Gasteiger charge is 2.32. The van der Waals surface area contributed by atoms with Crippen LogP contribution in [0.3, 0.4) is 0 Å². The van der Waals surface area contributed by atoms with E-state index in [2.05, 4.69) is 5.32 Å². The Morgan fingerprint density at radius 2 is 2.14 bits per heavy atom. The smallest absolute Gasteiger partial charge is 0.322 e. The van der Waals surface area contributed by atoms with Gasteiger partial charge in [-0.05, 0) is 12.1 Å². The van der Waals surface area contributed by atoms with Crippen LogP contribution in [0, 0.1) is 0 Å². The van der Waals surface area contributed by atoms with Crippen molar-refractivity contribution in [3.05, 3.63) is 18.2 Å². The molecule has 1 aliphatic rings. The van der Waals surface area contributed by atoms with Crippen molar-refractivity contribution >= 4 is 11.7 Å². The molecule has 1 fully saturated rings. The fraction of sp³-hybridized carbons (Fsp3) is 0.500. The van der Waals surface area contributed by atoms with Gasteiger partial charge in [0.05, 0.1) is 45.3 Å². The second-order valence-corrected chi connectivity index (χ2v) is 4.78. The van der Waals surface area contributed by atoms with E-state index < -0.39 is 6.10 Å². The summed E-state index contributed by atoms with van der Waals surface area (Å²) in [6.45, 7) is 0.561. The number of aliphatic hydroxyl groups is 1. The van der Waals surface area contributed by atoms with Crippen LogP contribution in [0.15, 0.2) is 18.2 Å². The first-order chi connectivity index (χ1) is 10.1. The Morgan fingerprint density at radius 1 is 1.38 bits per heavy atom. The molecule has 1 aromatic rings. The lowest BCUT2D eigenvalue weighted by Gasteiger charge is -2.26.